The minimum atomic E-state index is -0.312. The number of anilines is 1. The summed E-state index contributed by atoms with van der Waals surface area (Å²) in [6, 6.07) is 7.23. The van der Waals surface area contributed by atoms with E-state index < -0.39 is 0 Å². The predicted octanol–water partition coefficient (Wildman–Crippen LogP) is 1.69. The number of nitrogen functional groups attached to an aromatic ring is 1. The second-order valence-electron chi connectivity index (χ2n) is 3.99. The maximum atomic E-state index is 11.7. The van der Waals surface area contributed by atoms with Crippen molar-refractivity contribution in [3.8, 4) is 0 Å². The Bertz CT molecular complexity index is 365. The van der Waals surface area contributed by atoms with Crippen molar-refractivity contribution in [3.63, 3.8) is 0 Å². The monoisotopic (exact) mass is 237 g/mol. The number of unbranched alkanes of at least 4 members (excludes halogenated alkanes) is 1. The average molecular weight is 237 g/mol. The standard InChI is InChI=1S/C13H19NO3/c1-10(11-5-4-6-12(14)9-11)13(16)17-8-3-2-7-15/h4-6,9-10,15H,2-3,7-8,14H2,1H3. The third-order valence-corrected chi connectivity index (χ3v) is 2.56. The Hall–Kier alpha value is -1.55. The topological polar surface area (TPSA) is 72.5 Å². The van der Waals surface area contributed by atoms with E-state index in [4.69, 9.17) is 15.6 Å². The Morgan fingerprint density at radius 2 is 2.24 bits per heavy atom. The second-order valence-corrected chi connectivity index (χ2v) is 3.99. The zero-order valence-corrected chi connectivity index (χ0v) is 10.1. The van der Waals surface area contributed by atoms with Crippen LogP contribution in [-0.2, 0) is 9.53 Å². The van der Waals surface area contributed by atoms with Gasteiger partial charge in [-0.1, -0.05) is 12.1 Å². The van der Waals surface area contributed by atoms with Crippen LogP contribution in [0.4, 0.5) is 5.69 Å². The van der Waals surface area contributed by atoms with E-state index in [0.717, 1.165) is 5.56 Å². The van der Waals surface area contributed by atoms with Gasteiger partial charge in [-0.25, -0.2) is 0 Å². The summed E-state index contributed by atoms with van der Waals surface area (Å²) in [7, 11) is 0. The van der Waals surface area contributed by atoms with Gasteiger partial charge >= 0.3 is 5.97 Å². The number of carbonyl (C=O) groups is 1. The SMILES string of the molecule is CC(C(=O)OCCCCO)c1cccc(N)c1. The summed E-state index contributed by atoms with van der Waals surface area (Å²) in [5, 5.41) is 8.59. The summed E-state index contributed by atoms with van der Waals surface area (Å²) in [5.74, 6) is -0.568. The fourth-order valence-corrected chi connectivity index (χ4v) is 1.48. The Labute approximate surface area is 101 Å². The zero-order valence-electron chi connectivity index (χ0n) is 10.1. The zero-order chi connectivity index (χ0) is 12.7. The first-order valence-electron chi connectivity index (χ1n) is 5.78. The van der Waals surface area contributed by atoms with Crippen molar-refractivity contribution < 1.29 is 14.6 Å². The molecule has 1 unspecified atom stereocenters. The quantitative estimate of drug-likeness (QED) is 0.448. The van der Waals surface area contributed by atoms with Gasteiger partial charge in [0.25, 0.3) is 0 Å². The summed E-state index contributed by atoms with van der Waals surface area (Å²) in [5.41, 5.74) is 7.16. The predicted molar refractivity (Wildman–Crippen MR) is 66.5 cm³/mol. The molecule has 1 aromatic rings. The number of aliphatic hydroxyl groups is 1. The van der Waals surface area contributed by atoms with Crippen LogP contribution < -0.4 is 5.73 Å². The molecule has 0 spiro atoms. The lowest BCUT2D eigenvalue weighted by atomic mass is 10.0. The van der Waals surface area contributed by atoms with Gasteiger partial charge < -0.3 is 15.6 Å². The molecule has 0 amide bonds. The Morgan fingerprint density at radius 1 is 1.47 bits per heavy atom. The molecule has 0 aliphatic rings. The van der Waals surface area contributed by atoms with Crippen molar-refractivity contribution in [1.29, 1.82) is 0 Å². The van der Waals surface area contributed by atoms with Crippen molar-refractivity contribution in [3.05, 3.63) is 29.8 Å². The summed E-state index contributed by atoms with van der Waals surface area (Å²) in [6.45, 7) is 2.28. The van der Waals surface area contributed by atoms with E-state index in [0.29, 0.717) is 25.1 Å². The molecule has 1 atom stereocenters. The minimum absolute atomic E-state index is 0.127. The van der Waals surface area contributed by atoms with Gasteiger partial charge in [-0.15, -0.1) is 0 Å². The molecule has 0 saturated heterocycles. The minimum Gasteiger partial charge on any atom is -0.465 e. The van der Waals surface area contributed by atoms with Crippen LogP contribution in [0.5, 0.6) is 0 Å². The summed E-state index contributed by atoms with van der Waals surface area (Å²) >= 11 is 0. The number of aliphatic hydroxyl groups excluding tert-OH is 1. The lowest BCUT2D eigenvalue weighted by Gasteiger charge is -2.12. The molecule has 0 aliphatic carbocycles. The van der Waals surface area contributed by atoms with E-state index in [9.17, 15) is 4.79 Å². The largest absolute Gasteiger partial charge is 0.465 e. The number of nitrogens with two attached hydrogens (primary N) is 1. The molecule has 3 N–H and O–H groups in total. The normalized spacial score (nSPS) is 12.1. The van der Waals surface area contributed by atoms with E-state index in [1.807, 2.05) is 12.1 Å². The van der Waals surface area contributed by atoms with Crippen molar-refractivity contribution in [2.45, 2.75) is 25.7 Å². The highest BCUT2D eigenvalue weighted by molar-refractivity contribution is 5.78. The average Bonchev–Trinajstić information content (AvgIpc) is 2.33. The number of benzene rings is 1. The van der Waals surface area contributed by atoms with Crippen molar-refractivity contribution >= 4 is 11.7 Å². The van der Waals surface area contributed by atoms with Crippen LogP contribution in [0.3, 0.4) is 0 Å². The van der Waals surface area contributed by atoms with E-state index in [-0.39, 0.29) is 18.5 Å². The molecule has 0 heterocycles. The van der Waals surface area contributed by atoms with Crippen LogP contribution in [-0.4, -0.2) is 24.3 Å². The van der Waals surface area contributed by atoms with Crippen LogP contribution in [0.25, 0.3) is 0 Å². The summed E-state index contributed by atoms with van der Waals surface area (Å²) in [4.78, 5) is 11.7. The first-order chi connectivity index (χ1) is 8.15. The lowest BCUT2D eigenvalue weighted by molar-refractivity contribution is -0.145. The van der Waals surface area contributed by atoms with Crippen molar-refractivity contribution in [1.82, 2.24) is 0 Å². The molecule has 0 radical (unpaired) electrons. The van der Waals surface area contributed by atoms with Crippen molar-refractivity contribution in [2.75, 3.05) is 18.9 Å². The molecule has 94 valence electrons. The van der Waals surface area contributed by atoms with Crippen LogP contribution in [0.2, 0.25) is 0 Å². The Kier molecular flexibility index (Phi) is 5.49. The fraction of sp³-hybridized carbons (Fsp3) is 0.462. The molecule has 0 aromatic heterocycles. The third-order valence-electron chi connectivity index (χ3n) is 2.56. The molecule has 0 bridgehead atoms. The van der Waals surface area contributed by atoms with Gasteiger partial charge in [0.05, 0.1) is 12.5 Å². The van der Waals surface area contributed by atoms with Crippen LogP contribution in [0, 0.1) is 0 Å². The van der Waals surface area contributed by atoms with Gasteiger partial charge in [0.1, 0.15) is 0 Å². The Balaban J connectivity index is 2.46. The van der Waals surface area contributed by atoms with E-state index >= 15 is 0 Å². The maximum absolute atomic E-state index is 11.7. The summed E-state index contributed by atoms with van der Waals surface area (Å²) < 4.78 is 5.11. The second kappa shape index (κ2) is 6.91. The molecule has 0 saturated carbocycles. The first-order valence-corrected chi connectivity index (χ1v) is 5.78. The molecule has 1 aromatic carbocycles. The molecule has 4 heteroatoms. The van der Waals surface area contributed by atoms with Gasteiger partial charge in [-0.3, -0.25) is 4.79 Å². The fourth-order valence-electron chi connectivity index (χ4n) is 1.48. The highest BCUT2D eigenvalue weighted by Crippen LogP contribution is 2.19. The van der Waals surface area contributed by atoms with Gasteiger partial charge in [0, 0.05) is 12.3 Å². The highest BCUT2D eigenvalue weighted by Gasteiger charge is 2.16. The molecule has 0 fully saturated rings. The molecule has 0 aliphatic heterocycles. The number of hydrogen-bond acceptors (Lipinski definition) is 4. The van der Waals surface area contributed by atoms with E-state index in [1.54, 1.807) is 19.1 Å². The van der Waals surface area contributed by atoms with Crippen LogP contribution in [0.15, 0.2) is 24.3 Å². The van der Waals surface area contributed by atoms with Gasteiger partial charge in [0.15, 0.2) is 0 Å². The number of esters is 1. The first kappa shape index (κ1) is 13.5. The van der Waals surface area contributed by atoms with Crippen molar-refractivity contribution in [2.24, 2.45) is 0 Å². The smallest absolute Gasteiger partial charge is 0.313 e. The molecule has 4 nitrogen and oxygen atoms in total. The van der Waals surface area contributed by atoms with Crippen LogP contribution in [0.1, 0.15) is 31.2 Å². The molecule has 17 heavy (non-hydrogen) atoms. The number of carbonyl (C=O) groups excluding carboxylic acids is 1. The van der Waals surface area contributed by atoms with Gasteiger partial charge in [-0.2, -0.15) is 0 Å². The third kappa shape index (κ3) is 4.44. The molecule has 1 rings (SSSR count). The van der Waals surface area contributed by atoms with Gasteiger partial charge in [-0.05, 0) is 37.5 Å². The molecular weight excluding hydrogens is 218 g/mol. The van der Waals surface area contributed by atoms with E-state index in [1.165, 1.54) is 0 Å². The number of rotatable bonds is 6. The number of ether oxygens (including phenoxy) is 1. The lowest BCUT2D eigenvalue weighted by Crippen LogP contribution is -2.14. The Morgan fingerprint density at radius 3 is 2.88 bits per heavy atom. The maximum Gasteiger partial charge on any atom is 0.313 e. The number of hydrogen-bond donors (Lipinski definition) is 2. The van der Waals surface area contributed by atoms with Crippen LogP contribution >= 0.6 is 0 Å². The van der Waals surface area contributed by atoms with Gasteiger partial charge in [0.2, 0.25) is 0 Å². The molecular formula is C13H19NO3. The summed E-state index contributed by atoms with van der Waals surface area (Å²) in [6.07, 6.45) is 1.34. The highest BCUT2D eigenvalue weighted by atomic mass is 16.5. The van der Waals surface area contributed by atoms with E-state index in [2.05, 4.69) is 0 Å².